The molecule has 0 saturated carbocycles. The number of aliphatic hydroxyl groups is 1. The maximum Gasteiger partial charge on any atom is 0.410 e. The maximum absolute atomic E-state index is 12.8. The summed E-state index contributed by atoms with van der Waals surface area (Å²) in [5, 5.41) is 17.9. The lowest BCUT2D eigenvalue weighted by molar-refractivity contribution is 0.0206. The molecule has 0 aliphatic carbocycles. The molecule has 3 heterocycles. The number of pyridine rings is 1. The van der Waals surface area contributed by atoms with Gasteiger partial charge in [0.25, 0.3) is 0 Å². The molecule has 3 N–H and O–H groups in total. The molecule has 232 valence electrons. The second-order valence-electron chi connectivity index (χ2n) is 11.9. The van der Waals surface area contributed by atoms with Gasteiger partial charge in [0.05, 0.1) is 17.4 Å². The summed E-state index contributed by atoms with van der Waals surface area (Å²) in [6.07, 6.45) is 3.66. The minimum absolute atomic E-state index is 0.0247. The van der Waals surface area contributed by atoms with E-state index in [1.54, 1.807) is 23.4 Å². The Kier molecular flexibility index (Phi) is 9.43. The van der Waals surface area contributed by atoms with E-state index in [9.17, 15) is 14.3 Å². The van der Waals surface area contributed by atoms with Gasteiger partial charge in [0, 0.05) is 54.5 Å². The van der Waals surface area contributed by atoms with Crippen LogP contribution in [0, 0.1) is 6.92 Å². The summed E-state index contributed by atoms with van der Waals surface area (Å²) in [4.78, 5) is 28.1. The molecule has 44 heavy (non-hydrogen) atoms. The fourth-order valence-corrected chi connectivity index (χ4v) is 5.12. The van der Waals surface area contributed by atoms with E-state index in [1.165, 1.54) is 0 Å². The van der Waals surface area contributed by atoms with Crippen molar-refractivity contribution in [2.75, 3.05) is 36.9 Å². The number of carbonyl (C=O) groups is 1. The number of piperidine rings is 1. The molecule has 4 aromatic rings. The first kappa shape index (κ1) is 30.9. The predicted octanol–water partition coefficient (Wildman–Crippen LogP) is 6.35. The van der Waals surface area contributed by atoms with E-state index in [2.05, 4.69) is 20.6 Å². The second-order valence-corrected chi connectivity index (χ2v) is 11.9. The van der Waals surface area contributed by atoms with Crippen LogP contribution in [0.25, 0.3) is 22.0 Å². The van der Waals surface area contributed by atoms with Gasteiger partial charge >= 0.3 is 6.09 Å². The number of ether oxygens (including phenoxy) is 2. The third-order valence-corrected chi connectivity index (χ3v) is 7.22. The Hall–Kier alpha value is -4.51. The average Bonchev–Trinajstić information content (AvgIpc) is 3.01. The monoisotopic (exact) mass is 602 g/mol. The average molecular weight is 603 g/mol. The van der Waals surface area contributed by atoms with E-state index < -0.39 is 18.4 Å². The number of benzene rings is 2. The van der Waals surface area contributed by atoms with Gasteiger partial charge in [-0.1, -0.05) is 24.3 Å². The number of aliphatic hydroxyl groups excluding tert-OH is 1. The zero-order valence-electron chi connectivity index (χ0n) is 25.5. The number of aromatic nitrogens is 3. The van der Waals surface area contributed by atoms with Gasteiger partial charge in [-0.05, 0) is 70.4 Å². The molecule has 11 heteroatoms. The van der Waals surface area contributed by atoms with Crippen LogP contribution in [-0.2, 0) is 4.74 Å². The number of rotatable bonds is 9. The zero-order valence-corrected chi connectivity index (χ0v) is 25.5. The summed E-state index contributed by atoms with van der Waals surface area (Å²) in [6, 6.07) is 15.1. The van der Waals surface area contributed by atoms with E-state index in [0.717, 1.165) is 34.9 Å². The summed E-state index contributed by atoms with van der Waals surface area (Å²) in [6.45, 7) is 7.95. The van der Waals surface area contributed by atoms with Crippen molar-refractivity contribution < 1.29 is 23.8 Å². The van der Waals surface area contributed by atoms with Gasteiger partial charge in [0.15, 0.2) is 0 Å². The standard InChI is InChI=1S/C33H39FN6O4/c1-21-12-13-24-25(9-5-11-27(24)37-19-23(41)18-34)29(21)43-30-26(10-6-15-35-30)28-14-16-36-31(39-28)38-22-8-7-17-40(20-22)32(42)44-33(2,3)4/h5-6,9-16,22-23,37,41H,7-8,17-20H2,1-4H3,(H,36,38,39)/t22-,23-/m0/s1. The van der Waals surface area contributed by atoms with Crippen LogP contribution < -0.4 is 15.4 Å². The Morgan fingerprint density at radius 1 is 1.11 bits per heavy atom. The van der Waals surface area contributed by atoms with Crippen molar-refractivity contribution in [2.45, 2.75) is 58.3 Å². The first-order valence-corrected chi connectivity index (χ1v) is 14.8. The van der Waals surface area contributed by atoms with Crippen molar-refractivity contribution in [3.05, 3.63) is 66.5 Å². The highest BCUT2D eigenvalue weighted by Gasteiger charge is 2.28. The number of nitrogens with zero attached hydrogens (tertiary/aromatic N) is 4. The molecule has 2 atom stereocenters. The Bertz CT molecular complexity index is 1610. The molecule has 0 radical (unpaired) electrons. The molecule has 5 rings (SSSR count). The number of nitrogens with one attached hydrogen (secondary N) is 2. The number of amides is 1. The smallest absolute Gasteiger partial charge is 0.410 e. The van der Waals surface area contributed by atoms with Gasteiger partial charge in [0.1, 0.15) is 18.0 Å². The number of carbonyl (C=O) groups excluding carboxylic acids is 1. The zero-order chi connectivity index (χ0) is 31.3. The minimum atomic E-state index is -1.09. The molecule has 1 aliphatic heterocycles. The van der Waals surface area contributed by atoms with E-state index in [-0.39, 0.29) is 18.7 Å². The second kappa shape index (κ2) is 13.4. The largest absolute Gasteiger partial charge is 0.444 e. The fourth-order valence-electron chi connectivity index (χ4n) is 5.12. The molecule has 2 aromatic carbocycles. The summed E-state index contributed by atoms with van der Waals surface area (Å²) in [5.74, 6) is 1.46. The summed E-state index contributed by atoms with van der Waals surface area (Å²) in [5.41, 5.74) is 2.44. The molecule has 1 fully saturated rings. The number of hydrogen-bond donors (Lipinski definition) is 3. The van der Waals surface area contributed by atoms with Gasteiger partial charge < -0.3 is 30.1 Å². The first-order valence-electron chi connectivity index (χ1n) is 14.8. The third kappa shape index (κ3) is 7.52. The maximum atomic E-state index is 12.8. The number of likely N-dealkylation sites (tertiary alicyclic amines) is 1. The molecular formula is C33H39FN6O4. The van der Waals surface area contributed by atoms with Crippen molar-refractivity contribution >= 4 is 28.5 Å². The number of hydrogen-bond acceptors (Lipinski definition) is 9. The molecule has 0 bridgehead atoms. The Labute approximate surface area is 256 Å². The minimum Gasteiger partial charge on any atom is -0.444 e. The van der Waals surface area contributed by atoms with Crippen LogP contribution in [-0.4, -0.2) is 75.1 Å². The number of fused-ring (bicyclic) bond motifs is 1. The lowest BCUT2D eigenvalue weighted by atomic mass is 10.0. The topological polar surface area (TPSA) is 122 Å². The van der Waals surface area contributed by atoms with Gasteiger partial charge in [-0.3, -0.25) is 0 Å². The van der Waals surface area contributed by atoms with Gasteiger partial charge in [0.2, 0.25) is 11.8 Å². The number of aryl methyl sites for hydroxylation is 1. The van der Waals surface area contributed by atoms with Crippen LogP contribution in [0.4, 0.5) is 20.8 Å². The van der Waals surface area contributed by atoms with Crippen molar-refractivity contribution in [1.29, 1.82) is 0 Å². The number of halogens is 1. The lowest BCUT2D eigenvalue weighted by Gasteiger charge is -2.34. The Morgan fingerprint density at radius 2 is 1.95 bits per heavy atom. The highest BCUT2D eigenvalue weighted by Crippen LogP contribution is 2.38. The van der Waals surface area contributed by atoms with E-state index >= 15 is 0 Å². The number of alkyl halides is 1. The highest BCUT2D eigenvalue weighted by atomic mass is 19.1. The van der Waals surface area contributed by atoms with Crippen molar-refractivity contribution in [2.24, 2.45) is 0 Å². The van der Waals surface area contributed by atoms with Gasteiger partial charge in [-0.15, -0.1) is 0 Å². The van der Waals surface area contributed by atoms with E-state index in [0.29, 0.717) is 41.9 Å². The molecule has 0 unspecified atom stereocenters. The Balaban J connectivity index is 1.37. The molecule has 10 nitrogen and oxygen atoms in total. The predicted molar refractivity (Wildman–Crippen MR) is 169 cm³/mol. The van der Waals surface area contributed by atoms with Gasteiger partial charge in [-0.25, -0.2) is 24.1 Å². The normalized spacial score (nSPS) is 16.0. The molecule has 0 spiro atoms. The third-order valence-electron chi connectivity index (χ3n) is 7.22. The van der Waals surface area contributed by atoms with Crippen molar-refractivity contribution in [1.82, 2.24) is 19.9 Å². The van der Waals surface area contributed by atoms with Crippen LogP contribution in [0.15, 0.2) is 60.9 Å². The van der Waals surface area contributed by atoms with Crippen LogP contribution in [0.2, 0.25) is 0 Å². The Morgan fingerprint density at radius 3 is 2.75 bits per heavy atom. The molecule has 2 aromatic heterocycles. The molecular weight excluding hydrogens is 563 g/mol. The van der Waals surface area contributed by atoms with E-state index in [4.69, 9.17) is 14.5 Å². The summed E-state index contributed by atoms with van der Waals surface area (Å²) in [7, 11) is 0. The molecule has 1 saturated heterocycles. The fraction of sp³-hybridized carbons (Fsp3) is 0.394. The van der Waals surface area contributed by atoms with Crippen molar-refractivity contribution in [3.8, 4) is 22.9 Å². The molecule has 1 amide bonds. The number of anilines is 2. The van der Waals surface area contributed by atoms with Crippen LogP contribution in [0.1, 0.15) is 39.2 Å². The van der Waals surface area contributed by atoms with Crippen LogP contribution in [0.5, 0.6) is 11.6 Å². The van der Waals surface area contributed by atoms with Gasteiger partial charge in [-0.2, -0.15) is 0 Å². The van der Waals surface area contributed by atoms with Crippen LogP contribution >= 0.6 is 0 Å². The SMILES string of the molecule is Cc1ccc2c(NC[C@@H](O)CF)cccc2c1Oc1ncccc1-c1ccnc(N[C@H]2CCCN(C(=O)OC(C)(C)C)C2)n1. The highest BCUT2D eigenvalue weighted by molar-refractivity contribution is 5.98. The summed E-state index contributed by atoms with van der Waals surface area (Å²) >= 11 is 0. The lowest BCUT2D eigenvalue weighted by Crippen LogP contribution is -2.47. The molecule has 1 aliphatic rings. The quantitative estimate of drug-likeness (QED) is 0.201. The summed E-state index contributed by atoms with van der Waals surface area (Å²) < 4.78 is 24.9. The van der Waals surface area contributed by atoms with E-state index in [1.807, 2.05) is 70.2 Å². The van der Waals surface area contributed by atoms with Crippen molar-refractivity contribution in [3.63, 3.8) is 0 Å². The first-order chi connectivity index (χ1) is 21.1. The van der Waals surface area contributed by atoms with Crippen LogP contribution in [0.3, 0.4) is 0 Å².